The molecule has 3 rings (SSSR count). The maximum absolute atomic E-state index is 12.9. The van der Waals surface area contributed by atoms with Crippen molar-refractivity contribution in [3.8, 4) is 0 Å². The highest BCUT2D eigenvalue weighted by molar-refractivity contribution is 6.62. The van der Waals surface area contributed by atoms with Crippen molar-refractivity contribution in [2.45, 2.75) is 78.0 Å². The van der Waals surface area contributed by atoms with Gasteiger partial charge >= 0.3 is 13.1 Å². The van der Waals surface area contributed by atoms with E-state index in [9.17, 15) is 9.59 Å². The summed E-state index contributed by atoms with van der Waals surface area (Å²) in [6, 6.07) is 3.85. The van der Waals surface area contributed by atoms with Crippen LogP contribution in [0, 0.1) is 13.8 Å². The first kappa shape index (κ1) is 20.9. The molecule has 1 aliphatic heterocycles. The number of amides is 1. The minimum atomic E-state index is -0.865. The molecule has 2 aliphatic rings. The zero-order chi connectivity index (χ0) is 20.9. The fourth-order valence-electron chi connectivity index (χ4n) is 3.52. The Morgan fingerprint density at radius 1 is 1.07 bits per heavy atom. The third-order valence-corrected chi connectivity index (χ3v) is 6.08. The Hall–Kier alpha value is -1.86. The zero-order valence-electron chi connectivity index (χ0n) is 17.9. The highest BCUT2D eigenvalue weighted by Crippen LogP contribution is 2.38. The van der Waals surface area contributed by atoms with Gasteiger partial charge in [-0.05, 0) is 77.9 Å². The molecule has 0 unspecified atom stereocenters. The van der Waals surface area contributed by atoms with Crippen molar-refractivity contribution in [1.82, 2.24) is 5.32 Å². The summed E-state index contributed by atoms with van der Waals surface area (Å²) in [5.41, 5.74) is 1.40. The maximum Gasteiger partial charge on any atom is 0.494 e. The van der Waals surface area contributed by atoms with Crippen molar-refractivity contribution in [2.75, 3.05) is 6.61 Å². The van der Waals surface area contributed by atoms with Gasteiger partial charge in [0.25, 0.3) is 5.91 Å². The van der Waals surface area contributed by atoms with Crippen LogP contribution in [-0.4, -0.2) is 42.3 Å². The largest absolute Gasteiger partial charge is 0.494 e. The van der Waals surface area contributed by atoms with E-state index in [2.05, 4.69) is 5.32 Å². The van der Waals surface area contributed by atoms with Gasteiger partial charge in [-0.1, -0.05) is 12.1 Å². The second kappa shape index (κ2) is 6.88. The molecule has 1 aliphatic carbocycles. The Labute approximate surface area is 167 Å². The van der Waals surface area contributed by atoms with E-state index in [4.69, 9.17) is 14.0 Å². The van der Waals surface area contributed by atoms with Crippen LogP contribution >= 0.6 is 0 Å². The molecule has 0 atom stereocenters. The number of benzene rings is 1. The summed E-state index contributed by atoms with van der Waals surface area (Å²) in [5, 5.41) is 2.89. The van der Waals surface area contributed by atoms with E-state index in [1.165, 1.54) is 0 Å². The van der Waals surface area contributed by atoms with Gasteiger partial charge < -0.3 is 19.4 Å². The Kier molecular flexibility index (Phi) is 5.13. The molecule has 7 heteroatoms. The van der Waals surface area contributed by atoms with Gasteiger partial charge in [-0.2, -0.15) is 0 Å². The number of aryl methyl sites for hydroxylation is 2. The number of carbonyl (C=O) groups is 2. The van der Waals surface area contributed by atoms with Crippen LogP contribution in [0.4, 0.5) is 0 Å². The minimum Gasteiger partial charge on any atom is -0.464 e. The Bertz CT molecular complexity index is 774. The van der Waals surface area contributed by atoms with Crippen LogP contribution in [0.3, 0.4) is 0 Å². The fourth-order valence-corrected chi connectivity index (χ4v) is 3.52. The van der Waals surface area contributed by atoms with E-state index >= 15 is 0 Å². The maximum atomic E-state index is 12.9. The second-order valence-electron chi connectivity index (χ2n) is 8.87. The summed E-state index contributed by atoms with van der Waals surface area (Å²) in [4.78, 5) is 25.1. The molecule has 6 nitrogen and oxygen atoms in total. The van der Waals surface area contributed by atoms with Gasteiger partial charge in [0.1, 0.15) is 5.54 Å². The molecule has 1 N–H and O–H groups in total. The van der Waals surface area contributed by atoms with E-state index in [-0.39, 0.29) is 11.9 Å². The number of hydrogen-bond donors (Lipinski definition) is 1. The third-order valence-electron chi connectivity index (χ3n) is 6.08. The predicted octanol–water partition coefficient (Wildman–Crippen LogP) is 2.43. The standard InChI is InChI=1S/C21H30BNO5/c1-8-26-18(25)21(9-10-21)23-17(24)16-13(2)11-15(12-14(16)3)22-27-19(4,5)20(6,7)28-22/h11-12H,8-10H2,1-7H3,(H,23,24). The number of esters is 1. The van der Waals surface area contributed by atoms with E-state index in [1.54, 1.807) is 6.92 Å². The lowest BCUT2D eigenvalue weighted by Gasteiger charge is -2.32. The van der Waals surface area contributed by atoms with Crippen molar-refractivity contribution in [3.05, 3.63) is 28.8 Å². The smallest absolute Gasteiger partial charge is 0.464 e. The topological polar surface area (TPSA) is 73.9 Å². The molecule has 2 fully saturated rings. The lowest BCUT2D eigenvalue weighted by Crippen LogP contribution is -2.45. The van der Waals surface area contributed by atoms with Crippen molar-refractivity contribution >= 4 is 24.5 Å². The molecule has 1 heterocycles. The van der Waals surface area contributed by atoms with Gasteiger partial charge in [-0.15, -0.1) is 0 Å². The number of ether oxygens (including phenoxy) is 1. The monoisotopic (exact) mass is 387 g/mol. The van der Waals surface area contributed by atoms with Gasteiger partial charge in [0.2, 0.25) is 0 Å². The number of rotatable bonds is 5. The van der Waals surface area contributed by atoms with E-state index in [1.807, 2.05) is 53.7 Å². The average molecular weight is 387 g/mol. The Morgan fingerprint density at radius 2 is 1.57 bits per heavy atom. The molecule has 0 aromatic heterocycles. The normalized spacial score (nSPS) is 21.3. The van der Waals surface area contributed by atoms with Gasteiger partial charge in [0.05, 0.1) is 17.8 Å². The molecule has 1 saturated carbocycles. The summed E-state index contributed by atoms with van der Waals surface area (Å²) in [5.74, 6) is -0.603. The summed E-state index contributed by atoms with van der Waals surface area (Å²) in [7, 11) is -0.478. The minimum absolute atomic E-state index is 0.249. The van der Waals surface area contributed by atoms with Gasteiger partial charge in [0, 0.05) is 5.56 Å². The van der Waals surface area contributed by atoms with E-state index < -0.39 is 23.9 Å². The second-order valence-corrected chi connectivity index (χ2v) is 8.87. The first-order valence-electron chi connectivity index (χ1n) is 9.89. The molecule has 152 valence electrons. The highest BCUT2D eigenvalue weighted by atomic mass is 16.7. The zero-order valence-corrected chi connectivity index (χ0v) is 17.9. The number of hydrogen-bond acceptors (Lipinski definition) is 5. The van der Waals surface area contributed by atoms with Crippen LogP contribution < -0.4 is 10.8 Å². The predicted molar refractivity (Wildman–Crippen MR) is 108 cm³/mol. The van der Waals surface area contributed by atoms with Crippen molar-refractivity contribution in [1.29, 1.82) is 0 Å². The SMILES string of the molecule is CCOC(=O)C1(NC(=O)c2c(C)cc(B3OC(C)(C)C(C)(C)O3)cc2C)CC1. The third kappa shape index (κ3) is 3.58. The number of carbonyl (C=O) groups excluding carboxylic acids is 2. The molecule has 1 saturated heterocycles. The highest BCUT2D eigenvalue weighted by Gasteiger charge is 2.53. The molecule has 0 radical (unpaired) electrons. The van der Waals surface area contributed by atoms with E-state index in [0.29, 0.717) is 25.0 Å². The van der Waals surface area contributed by atoms with Crippen LogP contribution in [0.2, 0.25) is 0 Å². The Balaban J connectivity index is 1.82. The van der Waals surface area contributed by atoms with Gasteiger partial charge in [-0.3, -0.25) is 4.79 Å². The van der Waals surface area contributed by atoms with Crippen LogP contribution in [0.15, 0.2) is 12.1 Å². The lowest BCUT2D eigenvalue weighted by atomic mass is 9.76. The van der Waals surface area contributed by atoms with Crippen LogP contribution in [0.5, 0.6) is 0 Å². The van der Waals surface area contributed by atoms with Crippen molar-refractivity contribution < 1.29 is 23.6 Å². The Morgan fingerprint density at radius 3 is 2.00 bits per heavy atom. The van der Waals surface area contributed by atoms with Crippen LogP contribution in [0.1, 0.15) is 68.9 Å². The van der Waals surface area contributed by atoms with E-state index in [0.717, 1.165) is 16.6 Å². The molecular formula is C21H30BNO5. The molecule has 1 amide bonds. The molecule has 0 bridgehead atoms. The summed E-state index contributed by atoms with van der Waals surface area (Å²) in [6.07, 6.45) is 1.23. The lowest BCUT2D eigenvalue weighted by molar-refractivity contribution is -0.146. The quantitative estimate of drug-likeness (QED) is 0.621. The first-order chi connectivity index (χ1) is 12.9. The number of nitrogens with one attached hydrogen (secondary N) is 1. The molecule has 0 spiro atoms. The average Bonchev–Trinajstić information content (AvgIpc) is 3.29. The first-order valence-corrected chi connectivity index (χ1v) is 9.89. The molecule has 1 aromatic rings. The van der Waals surface area contributed by atoms with Crippen LogP contribution in [-0.2, 0) is 18.8 Å². The van der Waals surface area contributed by atoms with Gasteiger partial charge in [-0.25, -0.2) is 4.79 Å². The molecular weight excluding hydrogens is 357 g/mol. The van der Waals surface area contributed by atoms with Gasteiger partial charge in [0.15, 0.2) is 0 Å². The fraction of sp³-hybridized carbons (Fsp3) is 0.619. The van der Waals surface area contributed by atoms with Crippen molar-refractivity contribution in [3.63, 3.8) is 0 Å². The molecule has 1 aromatic carbocycles. The summed E-state index contributed by atoms with van der Waals surface area (Å²) < 4.78 is 17.4. The molecule has 28 heavy (non-hydrogen) atoms. The summed E-state index contributed by atoms with van der Waals surface area (Å²) >= 11 is 0. The summed E-state index contributed by atoms with van der Waals surface area (Å²) in [6.45, 7) is 13.9. The van der Waals surface area contributed by atoms with Crippen molar-refractivity contribution in [2.24, 2.45) is 0 Å². The van der Waals surface area contributed by atoms with Crippen LogP contribution in [0.25, 0.3) is 0 Å².